The lowest BCUT2D eigenvalue weighted by Crippen LogP contribution is -2.42. The van der Waals surface area contributed by atoms with Gasteiger partial charge >= 0.3 is 0 Å². The topological polar surface area (TPSA) is 79.0 Å². The SMILES string of the molecule is CCCC(O)(CCC)CN=C(NCCOC)NCCc1ccco1.I. The molecule has 146 valence electrons. The molecule has 7 heteroatoms. The van der Waals surface area contributed by atoms with Crippen LogP contribution >= 0.6 is 24.0 Å². The summed E-state index contributed by atoms with van der Waals surface area (Å²) in [6.07, 6.45) is 5.89. The van der Waals surface area contributed by atoms with Gasteiger partial charge in [0, 0.05) is 26.6 Å². The molecule has 1 aromatic rings. The van der Waals surface area contributed by atoms with E-state index in [0.29, 0.717) is 32.2 Å². The van der Waals surface area contributed by atoms with Crippen molar-refractivity contribution < 1.29 is 14.3 Å². The molecule has 0 fully saturated rings. The Balaban J connectivity index is 0.00000576. The van der Waals surface area contributed by atoms with Crippen LogP contribution in [0, 0.1) is 0 Å². The van der Waals surface area contributed by atoms with Gasteiger partial charge in [0.1, 0.15) is 5.76 Å². The number of aliphatic imine (C=N–C) groups is 1. The van der Waals surface area contributed by atoms with Crippen molar-refractivity contribution >= 4 is 29.9 Å². The third kappa shape index (κ3) is 10.7. The highest BCUT2D eigenvalue weighted by Crippen LogP contribution is 2.19. The first-order valence-corrected chi connectivity index (χ1v) is 8.89. The first-order chi connectivity index (χ1) is 11.6. The number of aliphatic hydroxyl groups is 1. The zero-order chi connectivity index (χ0) is 17.7. The summed E-state index contributed by atoms with van der Waals surface area (Å²) in [7, 11) is 1.67. The van der Waals surface area contributed by atoms with Gasteiger partial charge < -0.3 is 24.9 Å². The number of methoxy groups -OCH3 is 1. The van der Waals surface area contributed by atoms with Crippen molar-refractivity contribution in [1.29, 1.82) is 0 Å². The van der Waals surface area contributed by atoms with Crippen LogP contribution in [0.1, 0.15) is 45.3 Å². The van der Waals surface area contributed by atoms with Gasteiger partial charge in [0.2, 0.25) is 0 Å². The molecule has 1 heterocycles. The quantitative estimate of drug-likeness (QED) is 0.191. The minimum absolute atomic E-state index is 0. The Morgan fingerprint density at radius 2 is 1.92 bits per heavy atom. The van der Waals surface area contributed by atoms with Crippen LogP contribution in [0.25, 0.3) is 0 Å². The second-order valence-electron chi connectivity index (χ2n) is 6.06. The lowest BCUT2D eigenvalue weighted by atomic mass is 9.93. The molecule has 6 nitrogen and oxygen atoms in total. The van der Waals surface area contributed by atoms with E-state index in [0.717, 1.165) is 37.9 Å². The van der Waals surface area contributed by atoms with Crippen molar-refractivity contribution in [2.75, 3.05) is 33.4 Å². The summed E-state index contributed by atoms with van der Waals surface area (Å²) in [5.74, 6) is 1.64. The normalized spacial score (nSPS) is 11.9. The van der Waals surface area contributed by atoms with Crippen LogP contribution in [0.5, 0.6) is 0 Å². The molecule has 3 N–H and O–H groups in total. The zero-order valence-electron chi connectivity index (χ0n) is 15.7. The van der Waals surface area contributed by atoms with Gasteiger partial charge in [-0.3, -0.25) is 4.99 Å². The van der Waals surface area contributed by atoms with E-state index in [1.165, 1.54) is 0 Å². The van der Waals surface area contributed by atoms with Crippen molar-refractivity contribution in [1.82, 2.24) is 10.6 Å². The predicted molar refractivity (Wildman–Crippen MR) is 113 cm³/mol. The van der Waals surface area contributed by atoms with Crippen LogP contribution in [-0.4, -0.2) is 50.0 Å². The molecular formula is C18H34IN3O3. The summed E-state index contributed by atoms with van der Waals surface area (Å²) in [5.41, 5.74) is -0.722. The third-order valence-electron chi connectivity index (χ3n) is 3.80. The third-order valence-corrected chi connectivity index (χ3v) is 3.80. The van der Waals surface area contributed by atoms with Gasteiger partial charge in [-0.05, 0) is 25.0 Å². The first-order valence-electron chi connectivity index (χ1n) is 8.89. The smallest absolute Gasteiger partial charge is 0.191 e. The van der Waals surface area contributed by atoms with Gasteiger partial charge in [0.15, 0.2) is 5.96 Å². The molecule has 0 aliphatic rings. The maximum Gasteiger partial charge on any atom is 0.191 e. The number of hydrogen-bond acceptors (Lipinski definition) is 4. The summed E-state index contributed by atoms with van der Waals surface area (Å²) in [5, 5.41) is 17.2. The number of nitrogens with one attached hydrogen (secondary N) is 2. The number of ether oxygens (including phenoxy) is 1. The molecular weight excluding hydrogens is 433 g/mol. The van der Waals surface area contributed by atoms with Gasteiger partial charge in [0.25, 0.3) is 0 Å². The predicted octanol–water partition coefficient (Wildman–Crippen LogP) is 2.95. The molecule has 0 aliphatic heterocycles. The minimum atomic E-state index is -0.722. The summed E-state index contributed by atoms with van der Waals surface area (Å²) in [4.78, 5) is 4.58. The molecule has 0 unspecified atom stereocenters. The molecule has 0 spiro atoms. The van der Waals surface area contributed by atoms with Crippen LogP contribution in [-0.2, 0) is 11.2 Å². The maximum absolute atomic E-state index is 10.7. The van der Waals surface area contributed by atoms with Gasteiger partial charge in [-0.15, -0.1) is 24.0 Å². The Kier molecular flexibility index (Phi) is 13.9. The number of rotatable bonds is 12. The van der Waals surface area contributed by atoms with E-state index in [4.69, 9.17) is 9.15 Å². The van der Waals surface area contributed by atoms with Crippen molar-refractivity contribution in [3.8, 4) is 0 Å². The number of furan rings is 1. The second-order valence-corrected chi connectivity index (χ2v) is 6.06. The summed E-state index contributed by atoms with van der Waals surface area (Å²) >= 11 is 0. The Hall–Kier alpha value is -0.800. The molecule has 0 saturated carbocycles. The van der Waals surface area contributed by atoms with Crippen molar-refractivity contribution in [2.24, 2.45) is 4.99 Å². The van der Waals surface area contributed by atoms with E-state index >= 15 is 0 Å². The van der Waals surface area contributed by atoms with E-state index in [9.17, 15) is 5.11 Å². The summed E-state index contributed by atoms with van der Waals surface area (Å²) < 4.78 is 10.4. The fourth-order valence-corrected chi connectivity index (χ4v) is 2.64. The van der Waals surface area contributed by atoms with Gasteiger partial charge in [-0.2, -0.15) is 0 Å². The van der Waals surface area contributed by atoms with Gasteiger partial charge in [-0.1, -0.05) is 26.7 Å². The zero-order valence-corrected chi connectivity index (χ0v) is 18.0. The molecule has 0 aromatic carbocycles. The van der Waals surface area contributed by atoms with E-state index in [1.807, 2.05) is 12.1 Å². The fraction of sp³-hybridized carbons (Fsp3) is 0.722. The maximum atomic E-state index is 10.7. The van der Waals surface area contributed by atoms with Crippen molar-refractivity contribution in [3.05, 3.63) is 24.2 Å². The Labute approximate surface area is 168 Å². The van der Waals surface area contributed by atoms with Crippen LogP contribution in [0.15, 0.2) is 27.8 Å². The first kappa shape index (κ1) is 24.2. The average molecular weight is 467 g/mol. The molecule has 0 radical (unpaired) electrons. The highest BCUT2D eigenvalue weighted by molar-refractivity contribution is 14.0. The monoisotopic (exact) mass is 467 g/mol. The molecule has 1 rings (SSSR count). The van der Waals surface area contributed by atoms with E-state index in [1.54, 1.807) is 13.4 Å². The van der Waals surface area contributed by atoms with Crippen LogP contribution in [0.3, 0.4) is 0 Å². The number of guanidine groups is 1. The fourth-order valence-electron chi connectivity index (χ4n) is 2.64. The van der Waals surface area contributed by atoms with Crippen LogP contribution in [0.2, 0.25) is 0 Å². The summed E-state index contributed by atoms with van der Waals surface area (Å²) in [6.45, 7) is 6.56. The molecule has 0 amide bonds. The highest BCUT2D eigenvalue weighted by atomic mass is 127. The Morgan fingerprint density at radius 3 is 2.48 bits per heavy atom. The van der Waals surface area contributed by atoms with Crippen molar-refractivity contribution in [2.45, 2.75) is 51.6 Å². The van der Waals surface area contributed by atoms with Crippen molar-refractivity contribution in [3.63, 3.8) is 0 Å². The van der Waals surface area contributed by atoms with Gasteiger partial charge in [-0.25, -0.2) is 0 Å². The Morgan fingerprint density at radius 1 is 1.24 bits per heavy atom. The minimum Gasteiger partial charge on any atom is -0.469 e. The lowest BCUT2D eigenvalue weighted by molar-refractivity contribution is 0.0306. The number of hydrogen-bond donors (Lipinski definition) is 3. The molecule has 0 bridgehead atoms. The molecule has 0 aliphatic carbocycles. The van der Waals surface area contributed by atoms with Gasteiger partial charge in [0.05, 0.1) is 25.0 Å². The van der Waals surface area contributed by atoms with E-state index < -0.39 is 5.60 Å². The standard InChI is InChI=1S/C18H33N3O3.HI/c1-4-9-18(22,10-5-2)15-21-17(20-12-14-23-3)19-11-8-16-7-6-13-24-16;/h6-7,13,22H,4-5,8-12,14-15H2,1-3H3,(H2,19,20,21);1H. The van der Waals surface area contributed by atoms with E-state index in [-0.39, 0.29) is 24.0 Å². The molecule has 0 atom stereocenters. The number of nitrogens with zero attached hydrogens (tertiary/aromatic N) is 1. The lowest BCUT2D eigenvalue weighted by Gasteiger charge is -2.26. The molecule has 25 heavy (non-hydrogen) atoms. The van der Waals surface area contributed by atoms with Crippen LogP contribution < -0.4 is 10.6 Å². The molecule has 1 aromatic heterocycles. The largest absolute Gasteiger partial charge is 0.469 e. The number of halogens is 1. The van der Waals surface area contributed by atoms with Crippen LogP contribution in [0.4, 0.5) is 0 Å². The summed E-state index contributed by atoms with van der Waals surface area (Å²) in [6, 6.07) is 3.84. The highest BCUT2D eigenvalue weighted by Gasteiger charge is 2.24. The average Bonchev–Trinajstić information content (AvgIpc) is 3.06. The Bertz CT molecular complexity index is 446. The molecule has 0 saturated heterocycles. The van der Waals surface area contributed by atoms with E-state index in [2.05, 4.69) is 29.5 Å². The second kappa shape index (κ2) is 14.4.